The normalized spacial score (nSPS) is 19.6. The van der Waals surface area contributed by atoms with Crippen LogP contribution in [0.5, 0.6) is 0 Å². The van der Waals surface area contributed by atoms with Crippen LogP contribution in [0.25, 0.3) is 11.3 Å². The number of rotatable bonds is 2. The van der Waals surface area contributed by atoms with E-state index in [0.717, 1.165) is 28.5 Å². The Morgan fingerprint density at radius 1 is 1.50 bits per heavy atom. The Kier molecular flexibility index (Phi) is 4.47. The van der Waals surface area contributed by atoms with Gasteiger partial charge in [-0.3, -0.25) is 15.0 Å². The molecule has 138 valence electrons. The molecule has 0 aliphatic carbocycles. The minimum Gasteiger partial charge on any atom is -0.377 e. The number of aromatic nitrogens is 3. The molecule has 0 bridgehead atoms. The highest BCUT2D eigenvalue weighted by Gasteiger charge is 2.32. The molecule has 26 heavy (non-hydrogen) atoms. The average Bonchev–Trinajstić information content (AvgIpc) is 3.27. The fourth-order valence-corrected chi connectivity index (χ4v) is 4.40. The number of morpholine rings is 1. The predicted molar refractivity (Wildman–Crippen MR) is 100.0 cm³/mol. The summed E-state index contributed by atoms with van der Waals surface area (Å²) in [6.45, 7) is 4.18. The van der Waals surface area contributed by atoms with Crippen molar-refractivity contribution in [1.29, 1.82) is 0 Å². The minimum absolute atomic E-state index is 0.208. The number of anilines is 2. The molecule has 0 spiro atoms. The molecule has 0 unspecified atom stereocenters. The third-order valence-electron chi connectivity index (χ3n) is 4.66. The van der Waals surface area contributed by atoms with Gasteiger partial charge in [-0.15, -0.1) is 0 Å². The van der Waals surface area contributed by atoms with E-state index in [1.54, 1.807) is 22.9 Å². The van der Waals surface area contributed by atoms with E-state index in [4.69, 9.17) is 15.6 Å². The smallest absolute Gasteiger partial charge is 0.337 e. The highest BCUT2D eigenvalue weighted by molar-refractivity contribution is 8.00. The van der Waals surface area contributed by atoms with Crippen LogP contribution in [0.3, 0.4) is 0 Å². The summed E-state index contributed by atoms with van der Waals surface area (Å²) in [7, 11) is 1.91. The quantitative estimate of drug-likeness (QED) is 0.461. The third-order valence-corrected chi connectivity index (χ3v) is 5.74. The lowest BCUT2D eigenvalue weighted by atomic mass is 10.1. The van der Waals surface area contributed by atoms with Crippen LogP contribution in [0.4, 0.5) is 16.4 Å². The first-order valence-corrected chi connectivity index (χ1v) is 9.37. The van der Waals surface area contributed by atoms with Crippen molar-refractivity contribution in [3.8, 4) is 11.3 Å². The Balaban J connectivity index is 1.86. The van der Waals surface area contributed by atoms with E-state index in [1.807, 2.05) is 17.8 Å². The van der Waals surface area contributed by atoms with Crippen molar-refractivity contribution < 1.29 is 9.53 Å². The monoisotopic (exact) mass is 375 g/mol. The van der Waals surface area contributed by atoms with Gasteiger partial charge in [0.1, 0.15) is 5.82 Å². The van der Waals surface area contributed by atoms with Gasteiger partial charge < -0.3 is 9.64 Å². The van der Waals surface area contributed by atoms with Crippen molar-refractivity contribution >= 4 is 29.4 Å². The van der Waals surface area contributed by atoms with Gasteiger partial charge >= 0.3 is 6.03 Å². The van der Waals surface area contributed by atoms with Crippen LogP contribution < -0.4 is 21.1 Å². The van der Waals surface area contributed by atoms with Crippen LogP contribution >= 0.6 is 11.8 Å². The summed E-state index contributed by atoms with van der Waals surface area (Å²) >= 11 is 1.57. The molecule has 3 N–H and O–H groups in total. The zero-order chi connectivity index (χ0) is 18.3. The lowest BCUT2D eigenvalue weighted by Gasteiger charge is -2.35. The molecule has 1 fully saturated rings. The molecule has 0 aromatic carbocycles. The van der Waals surface area contributed by atoms with Gasteiger partial charge in [-0.25, -0.2) is 15.6 Å². The topological polar surface area (TPSA) is 102 Å². The van der Waals surface area contributed by atoms with Crippen molar-refractivity contribution in [3.63, 3.8) is 0 Å². The summed E-state index contributed by atoms with van der Waals surface area (Å²) in [6.07, 6.45) is 1.77. The molecular weight excluding hydrogens is 354 g/mol. The number of urea groups is 1. The second-order valence-corrected chi connectivity index (χ2v) is 7.24. The van der Waals surface area contributed by atoms with Crippen molar-refractivity contribution in [3.05, 3.63) is 18.3 Å². The Hall–Kier alpha value is -2.30. The first kappa shape index (κ1) is 17.1. The molecule has 10 heteroatoms. The highest BCUT2D eigenvalue weighted by atomic mass is 32.2. The molecule has 4 rings (SSSR count). The molecule has 2 amide bonds. The lowest BCUT2D eigenvalue weighted by molar-refractivity contribution is 0.0985. The van der Waals surface area contributed by atoms with Crippen LogP contribution in [0.2, 0.25) is 0 Å². The summed E-state index contributed by atoms with van der Waals surface area (Å²) in [5, 5.41) is 4.29. The zero-order valence-electron chi connectivity index (χ0n) is 14.7. The van der Waals surface area contributed by atoms with Gasteiger partial charge in [-0.05, 0) is 19.1 Å². The summed E-state index contributed by atoms with van der Waals surface area (Å²) in [4.78, 5) is 21.7. The van der Waals surface area contributed by atoms with Crippen molar-refractivity contribution in [2.45, 2.75) is 17.9 Å². The van der Waals surface area contributed by atoms with E-state index in [-0.39, 0.29) is 12.1 Å². The number of nitrogens with zero attached hydrogens (tertiary/aromatic N) is 5. The first-order chi connectivity index (χ1) is 12.6. The number of ether oxygens (including phenoxy) is 1. The molecule has 0 saturated carbocycles. The highest BCUT2D eigenvalue weighted by Crippen LogP contribution is 2.45. The summed E-state index contributed by atoms with van der Waals surface area (Å²) in [6, 6.07) is 3.88. The SMILES string of the molecule is C[C@@H]1COCCN1c1cc(-c2ccnn2C)c2c(n1)N(C(=O)NN)CS2. The molecule has 2 aliphatic heterocycles. The van der Waals surface area contributed by atoms with Crippen molar-refractivity contribution in [2.75, 3.05) is 35.4 Å². The van der Waals surface area contributed by atoms with E-state index < -0.39 is 0 Å². The van der Waals surface area contributed by atoms with Crippen LogP contribution in [-0.4, -0.2) is 52.5 Å². The number of amides is 2. The number of hydrogen-bond donors (Lipinski definition) is 2. The number of pyridine rings is 1. The third kappa shape index (κ3) is 2.79. The van der Waals surface area contributed by atoms with Crippen LogP contribution in [0, 0.1) is 0 Å². The van der Waals surface area contributed by atoms with Crippen LogP contribution in [0.15, 0.2) is 23.2 Å². The van der Waals surface area contributed by atoms with Gasteiger partial charge in [-0.2, -0.15) is 5.10 Å². The van der Waals surface area contributed by atoms with E-state index in [1.165, 1.54) is 0 Å². The van der Waals surface area contributed by atoms with Gasteiger partial charge in [0.15, 0.2) is 5.82 Å². The second-order valence-electron chi connectivity index (χ2n) is 6.29. The number of nitrogens with one attached hydrogen (secondary N) is 1. The lowest BCUT2D eigenvalue weighted by Crippen LogP contribution is -2.45. The average molecular weight is 375 g/mol. The largest absolute Gasteiger partial charge is 0.377 e. The van der Waals surface area contributed by atoms with Gasteiger partial charge in [0, 0.05) is 25.4 Å². The van der Waals surface area contributed by atoms with E-state index >= 15 is 0 Å². The number of carbonyl (C=O) groups excluding carboxylic acids is 1. The van der Waals surface area contributed by atoms with Crippen LogP contribution in [-0.2, 0) is 11.8 Å². The second kappa shape index (κ2) is 6.78. The standard InChI is InChI=1S/C16H21N7O2S/c1-10-8-25-6-5-22(10)13-7-11(12-3-4-18-21(12)2)14-15(19-13)23(9-26-14)16(24)20-17/h3-4,7,10H,5-6,8-9,17H2,1-2H3,(H,20,24)/t10-/m1/s1. The number of nitrogens with two attached hydrogens (primary N) is 1. The predicted octanol–water partition coefficient (Wildman–Crippen LogP) is 1.16. The van der Waals surface area contributed by atoms with Crippen molar-refractivity contribution in [2.24, 2.45) is 12.9 Å². The van der Waals surface area contributed by atoms with Crippen LogP contribution in [0.1, 0.15) is 6.92 Å². The number of carbonyl (C=O) groups is 1. The molecule has 2 aromatic heterocycles. The van der Waals surface area contributed by atoms with Gasteiger partial charge in [0.05, 0.1) is 35.7 Å². The zero-order valence-corrected chi connectivity index (χ0v) is 15.5. The van der Waals surface area contributed by atoms with Gasteiger partial charge in [0.2, 0.25) is 0 Å². The molecule has 9 nitrogen and oxygen atoms in total. The fourth-order valence-electron chi connectivity index (χ4n) is 3.30. The Morgan fingerprint density at radius 3 is 3.04 bits per heavy atom. The molecule has 4 heterocycles. The summed E-state index contributed by atoms with van der Waals surface area (Å²) < 4.78 is 7.37. The summed E-state index contributed by atoms with van der Waals surface area (Å²) in [5.74, 6) is 7.28. The maximum atomic E-state index is 12.2. The molecule has 1 atom stereocenters. The van der Waals surface area contributed by atoms with E-state index in [9.17, 15) is 4.79 Å². The maximum Gasteiger partial charge on any atom is 0.337 e. The first-order valence-electron chi connectivity index (χ1n) is 8.39. The van der Waals surface area contributed by atoms with Gasteiger partial charge in [0.25, 0.3) is 0 Å². The Bertz CT molecular complexity index is 840. The molecule has 1 saturated heterocycles. The molecular formula is C16H21N7O2S. The summed E-state index contributed by atoms with van der Waals surface area (Å²) in [5.41, 5.74) is 4.20. The Labute approximate surface area is 155 Å². The van der Waals surface area contributed by atoms with E-state index in [0.29, 0.717) is 24.9 Å². The Morgan fingerprint density at radius 2 is 2.35 bits per heavy atom. The van der Waals surface area contributed by atoms with E-state index in [2.05, 4.69) is 28.4 Å². The molecule has 2 aliphatic rings. The molecule has 0 radical (unpaired) electrons. The number of hydrogen-bond acceptors (Lipinski definition) is 7. The number of aryl methyl sites for hydroxylation is 1. The molecule has 2 aromatic rings. The van der Waals surface area contributed by atoms with Crippen molar-refractivity contribution in [1.82, 2.24) is 20.2 Å². The maximum absolute atomic E-state index is 12.2. The number of hydrazine groups is 1. The minimum atomic E-state index is -0.369. The number of thioether (sulfide) groups is 1. The number of fused-ring (bicyclic) bond motifs is 1. The fraction of sp³-hybridized carbons (Fsp3) is 0.438. The van der Waals surface area contributed by atoms with Gasteiger partial charge in [-0.1, -0.05) is 11.8 Å².